The average Bonchev–Trinajstić information content (AvgIpc) is 2.46. The molecule has 2 aliphatic heterocycles. The highest BCUT2D eigenvalue weighted by molar-refractivity contribution is 7.86. The van der Waals surface area contributed by atoms with Gasteiger partial charge in [-0.05, 0) is 25.3 Å². The first-order chi connectivity index (χ1) is 9.82. The molecule has 0 aliphatic carbocycles. The minimum absolute atomic E-state index is 0.106. The summed E-state index contributed by atoms with van der Waals surface area (Å²) in [6.07, 6.45) is 1.98. The van der Waals surface area contributed by atoms with Crippen molar-refractivity contribution in [2.75, 3.05) is 46.8 Å². The second kappa shape index (κ2) is 6.60. The van der Waals surface area contributed by atoms with Gasteiger partial charge in [0.1, 0.15) is 0 Å². The Labute approximate surface area is 127 Å². The zero-order chi connectivity index (χ0) is 15.6. The number of carbonyl (C=O) groups is 1. The van der Waals surface area contributed by atoms with Gasteiger partial charge in [-0.1, -0.05) is 6.92 Å². The molecule has 0 saturated carbocycles. The van der Waals surface area contributed by atoms with Crippen molar-refractivity contribution in [3.63, 3.8) is 0 Å². The van der Waals surface area contributed by atoms with Gasteiger partial charge in [0, 0.05) is 40.3 Å². The van der Waals surface area contributed by atoms with Crippen molar-refractivity contribution >= 4 is 16.1 Å². The van der Waals surface area contributed by atoms with Crippen LogP contribution in [0.2, 0.25) is 0 Å². The van der Waals surface area contributed by atoms with Crippen LogP contribution in [-0.2, 0) is 15.0 Å². The molecule has 1 N–H and O–H groups in total. The summed E-state index contributed by atoms with van der Waals surface area (Å²) in [5, 5.41) is 3.27. The van der Waals surface area contributed by atoms with Gasteiger partial charge in [0.2, 0.25) is 5.91 Å². The lowest BCUT2D eigenvalue weighted by molar-refractivity contribution is -0.135. The third-order valence-corrected chi connectivity index (χ3v) is 6.24. The Balaban J connectivity index is 1.90. The van der Waals surface area contributed by atoms with Crippen molar-refractivity contribution in [2.45, 2.75) is 25.8 Å². The lowest BCUT2D eigenvalue weighted by Crippen LogP contribution is -2.57. The van der Waals surface area contributed by atoms with E-state index in [0.717, 1.165) is 19.4 Å². The van der Waals surface area contributed by atoms with E-state index in [9.17, 15) is 13.2 Å². The molecule has 1 amide bonds. The maximum absolute atomic E-state index is 12.5. The predicted molar refractivity (Wildman–Crippen MR) is 80.9 cm³/mol. The summed E-state index contributed by atoms with van der Waals surface area (Å²) in [5.74, 6) is 0.680. The number of nitrogens with zero attached hydrogens (tertiary/aromatic N) is 3. The van der Waals surface area contributed by atoms with Crippen LogP contribution in [0.3, 0.4) is 0 Å². The largest absolute Gasteiger partial charge is 0.339 e. The normalized spacial score (nSPS) is 28.9. The van der Waals surface area contributed by atoms with Crippen molar-refractivity contribution in [3.8, 4) is 0 Å². The second-order valence-electron chi connectivity index (χ2n) is 6.15. The number of carbonyl (C=O) groups excluding carboxylic acids is 1. The molecule has 2 atom stereocenters. The summed E-state index contributed by atoms with van der Waals surface area (Å²) in [5.41, 5.74) is 0. The Morgan fingerprint density at radius 1 is 1.19 bits per heavy atom. The van der Waals surface area contributed by atoms with Gasteiger partial charge in [0.05, 0.1) is 6.04 Å². The van der Waals surface area contributed by atoms with Crippen LogP contribution in [0, 0.1) is 5.92 Å². The number of rotatable bonds is 3. The standard InChI is InChI=1S/C13H26N4O3S/c1-11-4-5-14-12(10-11)13(18)16-6-8-17(9-7-16)21(19,20)15(2)3/h11-12,14H,4-10H2,1-3H3. The number of nitrogens with one attached hydrogen (secondary N) is 1. The molecule has 2 unspecified atom stereocenters. The molecule has 0 aromatic heterocycles. The van der Waals surface area contributed by atoms with Crippen LogP contribution in [0.1, 0.15) is 19.8 Å². The van der Waals surface area contributed by atoms with Crippen molar-refractivity contribution < 1.29 is 13.2 Å². The minimum Gasteiger partial charge on any atom is -0.339 e. The van der Waals surface area contributed by atoms with E-state index in [4.69, 9.17) is 0 Å². The molecule has 2 rings (SSSR count). The van der Waals surface area contributed by atoms with Gasteiger partial charge >= 0.3 is 0 Å². The van der Waals surface area contributed by atoms with Crippen molar-refractivity contribution in [1.29, 1.82) is 0 Å². The summed E-state index contributed by atoms with van der Waals surface area (Å²) >= 11 is 0. The van der Waals surface area contributed by atoms with Gasteiger partial charge in [0.25, 0.3) is 10.2 Å². The highest BCUT2D eigenvalue weighted by Crippen LogP contribution is 2.18. The van der Waals surface area contributed by atoms with E-state index in [1.807, 2.05) is 0 Å². The molecule has 8 heteroatoms. The van der Waals surface area contributed by atoms with Crippen LogP contribution in [0.5, 0.6) is 0 Å². The Morgan fingerprint density at radius 2 is 1.81 bits per heavy atom. The first kappa shape index (κ1) is 16.7. The minimum atomic E-state index is -3.37. The van der Waals surface area contributed by atoms with E-state index in [2.05, 4.69) is 12.2 Å². The van der Waals surface area contributed by atoms with E-state index in [-0.39, 0.29) is 11.9 Å². The van der Waals surface area contributed by atoms with E-state index in [0.29, 0.717) is 32.1 Å². The maximum atomic E-state index is 12.5. The van der Waals surface area contributed by atoms with Gasteiger partial charge in [-0.15, -0.1) is 0 Å². The fourth-order valence-corrected chi connectivity index (χ4v) is 3.97. The first-order valence-electron chi connectivity index (χ1n) is 7.52. The Kier molecular flexibility index (Phi) is 5.24. The third kappa shape index (κ3) is 3.74. The second-order valence-corrected chi connectivity index (χ2v) is 8.29. The quantitative estimate of drug-likeness (QED) is 0.749. The van der Waals surface area contributed by atoms with Crippen LogP contribution in [0.25, 0.3) is 0 Å². The van der Waals surface area contributed by atoms with Crippen LogP contribution < -0.4 is 5.32 Å². The highest BCUT2D eigenvalue weighted by atomic mass is 32.2. The Morgan fingerprint density at radius 3 is 2.33 bits per heavy atom. The lowest BCUT2D eigenvalue weighted by Gasteiger charge is -2.38. The topological polar surface area (TPSA) is 73.0 Å². The monoisotopic (exact) mass is 318 g/mol. The average molecular weight is 318 g/mol. The van der Waals surface area contributed by atoms with E-state index < -0.39 is 10.2 Å². The Hall–Kier alpha value is -0.700. The molecule has 2 fully saturated rings. The first-order valence-corrected chi connectivity index (χ1v) is 8.92. The zero-order valence-electron chi connectivity index (χ0n) is 13.1. The number of hydrogen-bond donors (Lipinski definition) is 1. The summed E-state index contributed by atoms with van der Waals surface area (Å²) < 4.78 is 26.7. The van der Waals surface area contributed by atoms with E-state index in [1.165, 1.54) is 22.7 Å². The molecule has 0 bridgehead atoms. The van der Waals surface area contributed by atoms with Crippen LogP contribution in [0.4, 0.5) is 0 Å². The zero-order valence-corrected chi connectivity index (χ0v) is 13.9. The molecule has 0 aromatic rings. The van der Waals surface area contributed by atoms with Gasteiger partial charge in [-0.3, -0.25) is 4.79 Å². The van der Waals surface area contributed by atoms with E-state index >= 15 is 0 Å². The molecule has 2 saturated heterocycles. The Bertz CT molecular complexity index is 472. The summed E-state index contributed by atoms with van der Waals surface area (Å²) in [4.78, 5) is 14.3. The molecule has 122 valence electrons. The molecule has 2 heterocycles. The van der Waals surface area contributed by atoms with Crippen LogP contribution in [0.15, 0.2) is 0 Å². The van der Waals surface area contributed by atoms with Gasteiger partial charge in [0.15, 0.2) is 0 Å². The highest BCUT2D eigenvalue weighted by Gasteiger charge is 2.33. The molecular weight excluding hydrogens is 292 g/mol. The molecular formula is C13H26N4O3S. The predicted octanol–water partition coefficient (Wildman–Crippen LogP) is -0.675. The van der Waals surface area contributed by atoms with Gasteiger partial charge in [-0.2, -0.15) is 17.0 Å². The van der Waals surface area contributed by atoms with Gasteiger partial charge in [-0.25, -0.2) is 0 Å². The van der Waals surface area contributed by atoms with Gasteiger partial charge < -0.3 is 10.2 Å². The molecule has 0 radical (unpaired) electrons. The fourth-order valence-electron chi connectivity index (χ4n) is 2.89. The van der Waals surface area contributed by atoms with Crippen molar-refractivity contribution in [2.24, 2.45) is 5.92 Å². The molecule has 0 spiro atoms. The SMILES string of the molecule is CC1CCNC(C(=O)N2CCN(S(=O)(=O)N(C)C)CC2)C1. The molecule has 21 heavy (non-hydrogen) atoms. The smallest absolute Gasteiger partial charge is 0.281 e. The molecule has 0 aromatic carbocycles. The third-order valence-electron chi connectivity index (χ3n) is 4.30. The van der Waals surface area contributed by atoms with Crippen molar-refractivity contribution in [1.82, 2.24) is 18.8 Å². The molecule has 7 nitrogen and oxygen atoms in total. The number of amides is 1. The molecule has 2 aliphatic rings. The van der Waals surface area contributed by atoms with Crippen molar-refractivity contribution in [3.05, 3.63) is 0 Å². The summed E-state index contributed by atoms with van der Waals surface area (Å²) in [7, 11) is -0.314. The maximum Gasteiger partial charge on any atom is 0.281 e. The lowest BCUT2D eigenvalue weighted by atomic mass is 9.93. The van der Waals surface area contributed by atoms with E-state index in [1.54, 1.807) is 4.90 Å². The number of piperidine rings is 1. The fraction of sp³-hybridized carbons (Fsp3) is 0.923. The van der Waals surface area contributed by atoms with Crippen LogP contribution in [-0.4, -0.2) is 80.7 Å². The summed E-state index contributed by atoms with van der Waals surface area (Å²) in [6, 6.07) is -0.106. The summed E-state index contributed by atoms with van der Waals surface area (Å²) in [6.45, 7) is 4.73. The number of hydrogen-bond acceptors (Lipinski definition) is 4. The number of piperazine rings is 1. The van der Waals surface area contributed by atoms with Crippen LogP contribution >= 0.6 is 0 Å².